The zero-order valence-corrected chi connectivity index (χ0v) is 55.0. The molecule has 2 radical (unpaired) electrons. The van der Waals surface area contributed by atoms with Crippen LogP contribution < -0.4 is 19.6 Å². The van der Waals surface area contributed by atoms with E-state index >= 15 is 0 Å². The molecule has 2 aliphatic rings. The third kappa shape index (κ3) is 22.0. The molecule has 0 saturated heterocycles. The number of anilines is 4. The first-order valence-corrected chi connectivity index (χ1v) is 28.4. The van der Waals surface area contributed by atoms with E-state index in [-0.39, 0.29) is 51.2 Å². The van der Waals surface area contributed by atoms with Crippen LogP contribution in [0.2, 0.25) is 0 Å². The van der Waals surface area contributed by atoms with Crippen LogP contribution in [-0.2, 0) is 51.2 Å². The molecule has 8 rings (SSSR count). The molecule has 0 fully saturated rings. The van der Waals surface area contributed by atoms with Gasteiger partial charge >= 0.3 is 0 Å². The predicted molar refractivity (Wildman–Crippen MR) is 357 cm³/mol. The topological polar surface area (TPSA) is 180 Å². The fourth-order valence-electron chi connectivity index (χ4n) is 10.3. The van der Waals surface area contributed by atoms with Gasteiger partial charge in [-0.25, -0.2) is 31.6 Å². The molecule has 15 heteroatoms. The van der Waals surface area contributed by atoms with Gasteiger partial charge in [0.25, 0.3) is 0 Å². The molecule has 0 heterocycles. The molecule has 0 N–H and O–H groups in total. The quantitative estimate of drug-likeness (QED) is 0.0751. The number of aliphatic imine (C=N–C) groups is 2. The van der Waals surface area contributed by atoms with Crippen molar-refractivity contribution in [3.05, 3.63) is 214 Å². The van der Waals surface area contributed by atoms with Crippen LogP contribution in [0.3, 0.4) is 0 Å². The maximum Gasteiger partial charge on any atom is 0.0652 e. The van der Waals surface area contributed by atoms with E-state index < -0.39 is 0 Å². The third-order valence-corrected chi connectivity index (χ3v) is 14.1. The van der Waals surface area contributed by atoms with Crippen LogP contribution in [0.1, 0.15) is 114 Å². The van der Waals surface area contributed by atoms with E-state index in [1.54, 1.807) is 0 Å². The molecule has 6 aromatic rings. The molecule has 462 valence electrons. The Labute approximate surface area is 553 Å². The Morgan fingerprint density at radius 1 is 0.299 bits per heavy atom. The Morgan fingerprint density at radius 3 is 0.678 bits per heavy atom. The van der Waals surface area contributed by atoms with Crippen molar-refractivity contribution in [2.75, 3.05) is 85.0 Å². The Morgan fingerprint density at radius 2 is 0.494 bits per heavy atom. The van der Waals surface area contributed by atoms with Crippen LogP contribution >= 0.6 is 0 Å². The van der Waals surface area contributed by atoms with Gasteiger partial charge in [0.05, 0.1) is 11.4 Å². The number of fused-ring (bicyclic) bond motifs is 2. The van der Waals surface area contributed by atoms with Crippen molar-refractivity contribution in [2.24, 2.45) is 9.98 Å². The molecule has 12 nitrogen and oxygen atoms in total. The van der Waals surface area contributed by atoms with Crippen LogP contribution in [0.5, 0.6) is 0 Å². The molecule has 0 bridgehead atoms. The second-order valence-corrected chi connectivity index (χ2v) is 17.9. The molecule has 0 aromatic heterocycles. The summed E-state index contributed by atoms with van der Waals surface area (Å²) < 4.78 is 0. The van der Waals surface area contributed by atoms with Crippen molar-refractivity contribution < 1.29 is 51.2 Å². The zero-order chi connectivity index (χ0) is 63.0. The Bertz CT molecular complexity index is 2860. The number of hydrogen-bond donors (Lipinski definition) is 0. The molecule has 0 spiro atoms. The summed E-state index contributed by atoms with van der Waals surface area (Å²) in [5.74, 6) is 0. The standard InChI is InChI=1S/2C33H39N3.6CHN.2Cu.Fe/c2*1-6-34-32-24-23-31(29-13-11-12-14-30(29)32)33(25-15-19-27(20-16-25)35(7-2)8-3)26-17-21-28(22-18-26)36(9-4)10-5;6*1-2;;;/h2*11-24H,6-10H2,1-5H3;6*1H;;;. The van der Waals surface area contributed by atoms with Crippen molar-refractivity contribution in [3.8, 4) is 39.4 Å². The van der Waals surface area contributed by atoms with Gasteiger partial charge in [0.15, 0.2) is 0 Å². The van der Waals surface area contributed by atoms with Crippen LogP contribution in [0.4, 0.5) is 22.7 Å². The van der Waals surface area contributed by atoms with Gasteiger partial charge in [-0.1, -0.05) is 109 Å². The van der Waals surface area contributed by atoms with Crippen LogP contribution in [0.15, 0.2) is 180 Å². The molecular weight excluding hydrogens is 1220 g/mol. The van der Waals surface area contributed by atoms with Crippen molar-refractivity contribution >= 4 is 56.5 Å². The van der Waals surface area contributed by atoms with Crippen LogP contribution in [0.25, 0.3) is 22.3 Å². The van der Waals surface area contributed by atoms with E-state index in [0.717, 1.165) is 76.9 Å². The molecule has 6 aromatic carbocycles. The summed E-state index contributed by atoms with van der Waals surface area (Å²) in [4.78, 5) is 19.1. The second-order valence-electron chi connectivity index (χ2n) is 17.9. The predicted octanol–water partition coefficient (Wildman–Crippen LogP) is 16.3. The summed E-state index contributed by atoms with van der Waals surface area (Å²) in [5.41, 5.74) is 22.0. The molecule has 0 unspecified atom stereocenters. The van der Waals surface area contributed by atoms with Crippen molar-refractivity contribution in [1.29, 1.82) is 31.6 Å². The molecular formula is C72H84Cu2FeN12. The summed E-state index contributed by atoms with van der Waals surface area (Å²) in [6, 6.07) is 53.6. The number of hydrogen-bond acceptors (Lipinski definition) is 12. The number of nitriles is 6. The smallest absolute Gasteiger partial charge is 0.0652 e. The molecule has 87 heavy (non-hydrogen) atoms. The van der Waals surface area contributed by atoms with Gasteiger partial charge in [-0.2, -0.15) is 0 Å². The summed E-state index contributed by atoms with van der Waals surface area (Å²) in [7, 11) is 0. The summed E-state index contributed by atoms with van der Waals surface area (Å²) in [5, 5.41) is 39.0. The fourth-order valence-corrected chi connectivity index (χ4v) is 10.3. The Hall–Kier alpha value is -8.68. The minimum absolute atomic E-state index is 0. The number of benzene rings is 6. The van der Waals surface area contributed by atoms with Gasteiger partial charge < -0.3 is 19.6 Å². The van der Waals surface area contributed by atoms with Crippen molar-refractivity contribution in [3.63, 3.8) is 0 Å². The van der Waals surface area contributed by atoms with E-state index in [0.29, 0.717) is 0 Å². The van der Waals surface area contributed by atoms with Gasteiger partial charge in [0.1, 0.15) is 0 Å². The van der Waals surface area contributed by atoms with E-state index in [9.17, 15) is 0 Å². The monoisotopic (exact) mass is 1300 g/mol. The Balaban J connectivity index is -0.00000134. The van der Waals surface area contributed by atoms with E-state index in [4.69, 9.17) is 41.6 Å². The average Bonchev–Trinajstić information content (AvgIpc) is 1.11. The molecule has 2 aliphatic carbocycles. The van der Waals surface area contributed by atoms with E-state index in [2.05, 4.69) is 298 Å². The van der Waals surface area contributed by atoms with Crippen LogP contribution in [-0.4, -0.2) is 76.9 Å². The first kappa shape index (κ1) is 82.5. The molecule has 0 saturated carbocycles. The summed E-state index contributed by atoms with van der Waals surface area (Å²) in [6.45, 7) is 52.5. The van der Waals surface area contributed by atoms with E-state index in [1.165, 1.54) is 89.5 Å². The summed E-state index contributed by atoms with van der Waals surface area (Å²) >= 11 is 0. The number of nitrogens with zero attached hydrogens (tertiary/aromatic N) is 12. The first-order valence-electron chi connectivity index (χ1n) is 28.4. The van der Waals surface area contributed by atoms with E-state index in [1.807, 2.05) is 0 Å². The third-order valence-electron chi connectivity index (χ3n) is 14.1. The normalized spacial score (nSPS) is 11.4. The molecule has 0 atom stereocenters. The van der Waals surface area contributed by atoms with Gasteiger partial charge in [0, 0.05) is 190 Å². The fraction of sp³-hybridized carbons (Fsp3) is 0.278. The van der Waals surface area contributed by atoms with Crippen LogP contribution in [0, 0.1) is 71.0 Å². The minimum atomic E-state index is 0. The maximum atomic E-state index is 6.50. The zero-order valence-electron chi connectivity index (χ0n) is 52.0. The SMILES string of the molecule is C#N.C#N.C#N.C#N.C#N.C#N.CCN=C1C=CC(=C(c2ccc(N(CC)CC)cc2)c2ccc(N(CC)CC)cc2)c2ccccc21.CCN=C1C=CC(=C(c2ccc(N(CC)CC)cc2)c2ccc(N(CC)CC)cc2)c2ccccc21.[Cu].[Cu].[Fe]. The summed E-state index contributed by atoms with van der Waals surface area (Å²) in [6.07, 6.45) is 8.86. The van der Waals surface area contributed by atoms with Gasteiger partial charge in [-0.05, 0) is 186 Å². The van der Waals surface area contributed by atoms with Gasteiger partial charge in [-0.3, -0.25) is 9.98 Å². The average molecular weight is 1300 g/mol. The minimum Gasteiger partial charge on any atom is -0.372 e. The number of rotatable bonds is 18. The Kier molecular flexibility index (Phi) is 45.1. The number of allylic oxidation sites excluding steroid dienone is 6. The largest absolute Gasteiger partial charge is 0.372 e. The van der Waals surface area contributed by atoms with Gasteiger partial charge in [-0.15, -0.1) is 0 Å². The molecule has 0 amide bonds. The van der Waals surface area contributed by atoms with Gasteiger partial charge in [0.2, 0.25) is 0 Å². The molecule has 0 aliphatic heterocycles. The van der Waals surface area contributed by atoms with Crippen molar-refractivity contribution in [1.82, 2.24) is 0 Å². The second kappa shape index (κ2) is 47.6. The first-order chi connectivity index (χ1) is 41.3. The maximum absolute atomic E-state index is 6.50. The van der Waals surface area contributed by atoms with Crippen molar-refractivity contribution in [2.45, 2.75) is 69.2 Å².